The summed E-state index contributed by atoms with van der Waals surface area (Å²) in [4.78, 5) is 0. The van der Waals surface area contributed by atoms with Gasteiger partial charge >= 0.3 is 71.3 Å². The zero-order chi connectivity index (χ0) is 6.78. The minimum atomic E-state index is 0.317. The van der Waals surface area contributed by atoms with Gasteiger partial charge in [0.1, 0.15) is 0 Å². The van der Waals surface area contributed by atoms with Crippen LogP contribution in [-0.4, -0.2) is 29.1 Å². The van der Waals surface area contributed by atoms with Crippen LogP contribution in [0.5, 0.6) is 0 Å². The molecule has 3 heteroatoms. The molecule has 0 radical (unpaired) electrons. The van der Waals surface area contributed by atoms with Crippen molar-refractivity contribution in [2.24, 2.45) is 0 Å². The van der Waals surface area contributed by atoms with Crippen LogP contribution >= 0.6 is 0 Å². The van der Waals surface area contributed by atoms with Crippen molar-refractivity contribution < 1.29 is 21.5 Å². The maximum absolute atomic E-state index is 2.46. The van der Waals surface area contributed by atoms with Gasteiger partial charge in [-0.2, -0.15) is 0 Å². The molecule has 0 fully saturated rings. The third kappa shape index (κ3) is 7.22. The van der Waals surface area contributed by atoms with Gasteiger partial charge in [0, 0.05) is 0 Å². The number of alkyl halides is 1. The number of hydrogen-bond donors (Lipinski definition) is 0. The van der Waals surface area contributed by atoms with E-state index in [0.29, 0.717) is 24.9 Å². The first-order valence-electron chi connectivity index (χ1n) is 2.75. The van der Waals surface area contributed by atoms with E-state index in [9.17, 15) is 0 Å². The van der Waals surface area contributed by atoms with E-state index in [1.54, 1.807) is 0 Å². The molecule has 0 atom stereocenters. The van der Waals surface area contributed by atoms with Gasteiger partial charge in [0.05, 0.1) is 0 Å². The molecule has 0 aliphatic heterocycles. The van der Waals surface area contributed by atoms with Crippen LogP contribution in [0.15, 0.2) is 0 Å². The van der Waals surface area contributed by atoms with E-state index in [2.05, 4.69) is 29.9 Å². The fraction of sp³-hybridized carbons (Fsp3) is 1.00. The molecule has 8 heavy (non-hydrogen) atoms. The monoisotopic (exact) mass is 242 g/mol. The van der Waals surface area contributed by atoms with Gasteiger partial charge in [0.2, 0.25) is 0 Å². The number of rotatable bonds is 1. The Labute approximate surface area is 71.1 Å². The first-order valence-corrected chi connectivity index (χ1v) is 5.69. The van der Waals surface area contributed by atoms with Crippen molar-refractivity contribution in [1.29, 1.82) is 0 Å². The van der Waals surface area contributed by atoms with Crippen LogP contribution in [0.2, 0.25) is 0 Å². The van der Waals surface area contributed by atoms with E-state index in [1.807, 2.05) is 0 Å². The van der Waals surface area contributed by atoms with E-state index in [1.165, 1.54) is 16.5 Å². The average Bonchev–Trinajstić information content (AvgIpc) is 1.21. The van der Waals surface area contributed by atoms with Crippen molar-refractivity contribution in [1.82, 2.24) is 2.10 Å². The maximum atomic E-state index is 2.46. The quantitative estimate of drug-likeness (QED) is 0.209. The Kier molecular flexibility index (Phi) is 3.93. The Bertz CT molecular complexity index is 67.3. The summed E-state index contributed by atoms with van der Waals surface area (Å²) >= 11 is 1.55. The molecular weight excluding hydrogens is 228 g/mol. The Morgan fingerprint density at radius 3 is 1.75 bits per heavy atom. The summed E-state index contributed by atoms with van der Waals surface area (Å²) in [6, 6.07) is 0. The summed E-state index contributed by atoms with van der Waals surface area (Å²) in [5.41, 5.74) is 0. The molecule has 0 heterocycles. The van der Waals surface area contributed by atoms with Crippen LogP contribution in [0.3, 0.4) is 0 Å². The zero-order valence-corrected chi connectivity index (χ0v) is 10.5. The summed E-state index contributed by atoms with van der Waals surface area (Å²) in [5, 5.41) is 0. The SMILES string of the molecule is C[N]([AlH2])[I-]C(C)(C)C. The fourth-order valence-electron chi connectivity index (χ4n) is 0.507. The first kappa shape index (κ1) is 9.22. The third-order valence-corrected chi connectivity index (χ3v) is 3.97. The second kappa shape index (κ2) is 3.41. The molecule has 0 unspecified atom stereocenters. The Morgan fingerprint density at radius 2 is 1.75 bits per heavy atom. The van der Waals surface area contributed by atoms with Gasteiger partial charge in [-0.1, -0.05) is 0 Å². The van der Waals surface area contributed by atoms with Crippen molar-refractivity contribution in [3.63, 3.8) is 0 Å². The Balaban J connectivity index is 3.39. The minimum absolute atomic E-state index is 0.317. The molecule has 1 nitrogen and oxygen atoms in total. The molecule has 0 aromatic heterocycles. The van der Waals surface area contributed by atoms with Crippen LogP contribution in [0.1, 0.15) is 20.8 Å². The summed E-state index contributed by atoms with van der Waals surface area (Å²) < 4.78 is 3.05. The van der Waals surface area contributed by atoms with Crippen LogP contribution < -0.4 is 21.5 Å². The summed E-state index contributed by atoms with van der Waals surface area (Å²) in [7, 11) is 2.21. The summed E-state index contributed by atoms with van der Waals surface area (Å²) in [5.74, 6) is 0. The molecule has 0 saturated carbocycles. The van der Waals surface area contributed by atoms with Crippen LogP contribution in [-0.2, 0) is 0 Å². The van der Waals surface area contributed by atoms with Gasteiger partial charge in [0.15, 0.2) is 0 Å². The molecule has 0 aromatic carbocycles. The van der Waals surface area contributed by atoms with Crippen LogP contribution in [0.4, 0.5) is 0 Å². The molecule has 0 aromatic rings. The average molecular weight is 242 g/mol. The number of nitrogens with zero attached hydrogens (tertiary/aromatic N) is 1. The van der Waals surface area contributed by atoms with Gasteiger partial charge in [-0.3, -0.25) is 0 Å². The van der Waals surface area contributed by atoms with Gasteiger partial charge in [-0.25, -0.2) is 0 Å². The van der Waals surface area contributed by atoms with Crippen molar-refractivity contribution in [2.45, 2.75) is 24.2 Å². The van der Waals surface area contributed by atoms with Gasteiger partial charge in [0.25, 0.3) is 0 Å². The second-order valence-corrected chi connectivity index (χ2v) is 11.7. The van der Waals surface area contributed by atoms with Gasteiger partial charge in [-0.15, -0.1) is 0 Å². The van der Waals surface area contributed by atoms with Crippen LogP contribution in [0, 0.1) is 0 Å². The summed E-state index contributed by atoms with van der Waals surface area (Å²) in [6.07, 6.45) is 0. The molecule has 0 aliphatic carbocycles. The predicted molar refractivity (Wildman–Crippen MR) is 36.1 cm³/mol. The van der Waals surface area contributed by atoms with E-state index in [-0.39, 0.29) is 0 Å². The first-order chi connectivity index (χ1) is 3.42. The molecule has 0 aliphatic rings. The molecule has 0 rings (SSSR count). The molecule has 0 amide bonds. The van der Waals surface area contributed by atoms with E-state index in [4.69, 9.17) is 0 Å². The second-order valence-electron chi connectivity index (χ2n) is 2.94. The normalized spacial score (nSPS) is 13.1. The molecule has 0 saturated heterocycles. The summed E-state index contributed by atoms with van der Waals surface area (Å²) in [6.45, 7) is 6.94. The van der Waals surface area contributed by atoms with E-state index >= 15 is 0 Å². The molecule has 0 N–H and O–H groups in total. The van der Waals surface area contributed by atoms with Gasteiger partial charge in [-0.05, 0) is 0 Å². The molecular formula is C5H14AlIN-. The van der Waals surface area contributed by atoms with E-state index in [0.717, 1.165) is 0 Å². The van der Waals surface area contributed by atoms with Crippen molar-refractivity contribution >= 4 is 16.5 Å². The number of hydrogen-bond acceptors (Lipinski definition) is 1. The standard InChI is InChI=1S/C5H12IN.Al.2H/c1-5(2,3)6-7-4;;;/h1-4H3;;;/q-2;+1;;. The van der Waals surface area contributed by atoms with Crippen molar-refractivity contribution in [3.8, 4) is 0 Å². The molecule has 50 valence electrons. The molecule has 0 bridgehead atoms. The Hall–Kier alpha value is 1.22. The zero-order valence-electron chi connectivity index (χ0n) is 6.33. The number of halogens is 1. The van der Waals surface area contributed by atoms with Gasteiger partial charge < -0.3 is 0 Å². The topological polar surface area (TPSA) is 3.24 Å². The predicted octanol–water partition coefficient (Wildman–Crippen LogP) is -2.73. The van der Waals surface area contributed by atoms with Crippen molar-refractivity contribution in [3.05, 3.63) is 0 Å². The van der Waals surface area contributed by atoms with Crippen LogP contribution in [0.25, 0.3) is 0 Å². The third-order valence-electron chi connectivity index (χ3n) is 0.423. The fourth-order valence-corrected chi connectivity index (χ4v) is 6.80. The van der Waals surface area contributed by atoms with Crippen molar-refractivity contribution in [2.75, 3.05) is 7.05 Å². The van der Waals surface area contributed by atoms with E-state index < -0.39 is 0 Å². The Morgan fingerprint density at radius 1 is 1.38 bits per heavy atom. The molecule has 0 spiro atoms.